The van der Waals surface area contributed by atoms with E-state index < -0.39 is 17.9 Å². The number of hydrogen-bond acceptors (Lipinski definition) is 4. The van der Waals surface area contributed by atoms with Crippen LogP contribution in [0.4, 0.5) is 0 Å². The smallest absolute Gasteiger partial charge is 0.306 e. The van der Waals surface area contributed by atoms with Crippen LogP contribution in [-0.2, 0) is 19.1 Å². The third-order valence-electron chi connectivity index (χ3n) is 1.59. The Morgan fingerprint density at radius 1 is 0.867 bits per heavy atom. The van der Waals surface area contributed by atoms with Gasteiger partial charge >= 0.3 is 17.9 Å². The molecule has 6 heteroatoms. The number of carboxylic acid groups (broad SMARTS) is 2. The van der Waals surface area contributed by atoms with Gasteiger partial charge in [0.15, 0.2) is 0 Å². The van der Waals surface area contributed by atoms with Crippen molar-refractivity contribution in [1.82, 2.24) is 0 Å². The molecule has 0 aliphatic carbocycles. The van der Waals surface area contributed by atoms with E-state index in [2.05, 4.69) is 4.74 Å². The summed E-state index contributed by atoms with van der Waals surface area (Å²) in [5, 5.41) is 16.6. The summed E-state index contributed by atoms with van der Waals surface area (Å²) >= 11 is 0. The lowest BCUT2D eigenvalue weighted by atomic mass is 10.2. The van der Waals surface area contributed by atoms with Gasteiger partial charge in [-0.2, -0.15) is 0 Å². The second-order valence-corrected chi connectivity index (χ2v) is 2.97. The Hall–Kier alpha value is -1.59. The maximum Gasteiger partial charge on any atom is 0.306 e. The van der Waals surface area contributed by atoms with Gasteiger partial charge in [-0.1, -0.05) is 0 Å². The van der Waals surface area contributed by atoms with Crippen LogP contribution in [0, 0.1) is 0 Å². The molecule has 0 atom stereocenters. The van der Waals surface area contributed by atoms with Crippen LogP contribution in [0.3, 0.4) is 0 Å². The summed E-state index contributed by atoms with van der Waals surface area (Å²) in [6.07, 6.45) is 0.585. The molecule has 0 rings (SSSR count). The lowest BCUT2D eigenvalue weighted by Gasteiger charge is -2.02. The largest absolute Gasteiger partial charge is 0.481 e. The van der Waals surface area contributed by atoms with Crippen molar-refractivity contribution in [3.8, 4) is 0 Å². The molecule has 0 aliphatic heterocycles. The number of rotatable bonds is 8. The fourth-order valence-electron chi connectivity index (χ4n) is 0.845. The Morgan fingerprint density at radius 3 is 2.00 bits per heavy atom. The van der Waals surface area contributed by atoms with Gasteiger partial charge in [-0.25, -0.2) is 0 Å². The van der Waals surface area contributed by atoms with E-state index in [9.17, 15) is 14.4 Å². The third kappa shape index (κ3) is 10.3. The average Bonchev–Trinajstić information content (AvgIpc) is 2.13. The van der Waals surface area contributed by atoms with Gasteiger partial charge in [0.1, 0.15) is 0 Å². The van der Waals surface area contributed by atoms with Gasteiger partial charge in [0.25, 0.3) is 0 Å². The zero-order valence-corrected chi connectivity index (χ0v) is 8.27. The molecule has 0 fully saturated rings. The molecule has 0 heterocycles. The highest BCUT2D eigenvalue weighted by molar-refractivity contribution is 5.76. The molecule has 0 saturated carbocycles. The lowest BCUT2D eigenvalue weighted by Crippen LogP contribution is -2.08. The Balaban J connectivity index is 3.31. The van der Waals surface area contributed by atoms with Gasteiger partial charge in [-0.3, -0.25) is 14.4 Å². The van der Waals surface area contributed by atoms with Gasteiger partial charge < -0.3 is 14.9 Å². The molecular formula is C9H14O6. The molecule has 0 aromatic rings. The summed E-state index contributed by atoms with van der Waals surface area (Å²) < 4.78 is 4.68. The number of aliphatic carboxylic acids is 2. The van der Waals surface area contributed by atoms with Gasteiger partial charge in [0.2, 0.25) is 0 Å². The standard InChI is InChI=1S/C9H14O6/c10-7(11)3-1-2-6-15-9(14)5-4-8(12)13/h1-6H2,(H,10,11)(H,12,13). The van der Waals surface area contributed by atoms with Crippen molar-refractivity contribution in [3.63, 3.8) is 0 Å². The highest BCUT2D eigenvalue weighted by atomic mass is 16.5. The van der Waals surface area contributed by atoms with E-state index in [-0.39, 0.29) is 25.9 Å². The Morgan fingerprint density at radius 2 is 1.47 bits per heavy atom. The van der Waals surface area contributed by atoms with Crippen LogP contribution < -0.4 is 0 Å². The van der Waals surface area contributed by atoms with E-state index >= 15 is 0 Å². The Labute approximate surface area is 86.8 Å². The number of carboxylic acids is 2. The topological polar surface area (TPSA) is 101 Å². The highest BCUT2D eigenvalue weighted by Gasteiger charge is 2.06. The molecule has 0 bridgehead atoms. The summed E-state index contributed by atoms with van der Waals surface area (Å²) in [7, 11) is 0. The van der Waals surface area contributed by atoms with Crippen LogP contribution in [0.2, 0.25) is 0 Å². The second-order valence-electron chi connectivity index (χ2n) is 2.97. The highest BCUT2D eigenvalue weighted by Crippen LogP contribution is 1.98. The fourth-order valence-corrected chi connectivity index (χ4v) is 0.845. The molecule has 0 amide bonds. The molecule has 0 aromatic heterocycles. The van der Waals surface area contributed by atoms with Crippen molar-refractivity contribution in [1.29, 1.82) is 0 Å². The number of carbonyl (C=O) groups excluding carboxylic acids is 1. The van der Waals surface area contributed by atoms with Crippen molar-refractivity contribution < 1.29 is 29.3 Å². The Kier molecular flexibility index (Phi) is 6.96. The van der Waals surface area contributed by atoms with Crippen LogP contribution in [0.25, 0.3) is 0 Å². The molecule has 0 saturated heterocycles. The van der Waals surface area contributed by atoms with Gasteiger partial charge in [-0.15, -0.1) is 0 Å². The maximum absolute atomic E-state index is 10.8. The predicted molar refractivity (Wildman–Crippen MR) is 49.3 cm³/mol. The number of carbonyl (C=O) groups is 3. The minimum atomic E-state index is -1.04. The van der Waals surface area contributed by atoms with Crippen molar-refractivity contribution >= 4 is 17.9 Å². The van der Waals surface area contributed by atoms with Gasteiger partial charge in [0.05, 0.1) is 19.4 Å². The number of esters is 1. The first-order chi connectivity index (χ1) is 7.02. The quantitative estimate of drug-likeness (QED) is 0.458. The van der Waals surface area contributed by atoms with E-state index in [1.54, 1.807) is 0 Å². The van der Waals surface area contributed by atoms with Crippen molar-refractivity contribution in [2.75, 3.05) is 6.61 Å². The van der Waals surface area contributed by atoms with Crippen LogP contribution in [0.1, 0.15) is 32.1 Å². The van der Waals surface area contributed by atoms with Crippen LogP contribution in [0.15, 0.2) is 0 Å². The minimum absolute atomic E-state index is 0.0483. The normalized spacial score (nSPS) is 9.60. The zero-order valence-electron chi connectivity index (χ0n) is 8.27. The lowest BCUT2D eigenvalue weighted by molar-refractivity contribution is -0.147. The molecular weight excluding hydrogens is 204 g/mol. The van der Waals surface area contributed by atoms with Crippen LogP contribution in [-0.4, -0.2) is 34.7 Å². The van der Waals surface area contributed by atoms with Crippen molar-refractivity contribution in [2.24, 2.45) is 0 Å². The fraction of sp³-hybridized carbons (Fsp3) is 0.667. The monoisotopic (exact) mass is 218 g/mol. The van der Waals surface area contributed by atoms with Gasteiger partial charge in [0, 0.05) is 6.42 Å². The SMILES string of the molecule is O=C(O)CCCCOC(=O)CCC(=O)O. The van der Waals surface area contributed by atoms with E-state index in [0.717, 1.165) is 0 Å². The predicted octanol–water partition coefficient (Wildman–Crippen LogP) is 0.649. The molecule has 0 unspecified atom stereocenters. The first-order valence-electron chi connectivity index (χ1n) is 4.61. The second kappa shape index (κ2) is 7.78. The molecule has 2 N–H and O–H groups in total. The Bertz CT molecular complexity index is 235. The summed E-state index contributed by atoms with van der Waals surface area (Å²) in [6.45, 7) is 0.145. The molecule has 6 nitrogen and oxygen atoms in total. The van der Waals surface area contributed by atoms with E-state index in [0.29, 0.717) is 12.8 Å². The van der Waals surface area contributed by atoms with Crippen LogP contribution >= 0.6 is 0 Å². The summed E-state index contributed by atoms with van der Waals surface area (Å²) in [6, 6.07) is 0. The van der Waals surface area contributed by atoms with E-state index in [1.807, 2.05) is 0 Å². The van der Waals surface area contributed by atoms with Gasteiger partial charge in [-0.05, 0) is 12.8 Å². The first kappa shape index (κ1) is 13.4. The molecule has 0 spiro atoms. The summed E-state index contributed by atoms with van der Waals surface area (Å²) in [5.74, 6) is -2.49. The zero-order chi connectivity index (χ0) is 11.7. The third-order valence-corrected chi connectivity index (χ3v) is 1.59. The molecule has 0 aliphatic rings. The number of unbranched alkanes of at least 4 members (excludes halogenated alkanes) is 1. The molecule has 86 valence electrons. The molecule has 15 heavy (non-hydrogen) atoms. The summed E-state index contributed by atoms with van der Waals surface area (Å²) in [5.41, 5.74) is 0. The first-order valence-corrected chi connectivity index (χ1v) is 4.61. The van der Waals surface area contributed by atoms with Crippen molar-refractivity contribution in [2.45, 2.75) is 32.1 Å². The minimum Gasteiger partial charge on any atom is -0.481 e. The molecule has 0 aromatic carbocycles. The number of hydrogen-bond donors (Lipinski definition) is 2. The van der Waals surface area contributed by atoms with Crippen molar-refractivity contribution in [3.05, 3.63) is 0 Å². The average molecular weight is 218 g/mol. The van der Waals surface area contributed by atoms with E-state index in [4.69, 9.17) is 10.2 Å². The maximum atomic E-state index is 10.8. The van der Waals surface area contributed by atoms with Crippen LogP contribution in [0.5, 0.6) is 0 Å². The van der Waals surface area contributed by atoms with E-state index in [1.165, 1.54) is 0 Å². The molecule has 0 radical (unpaired) electrons. The summed E-state index contributed by atoms with van der Waals surface area (Å²) in [4.78, 5) is 31.0. The number of ether oxygens (including phenoxy) is 1.